The monoisotopic (exact) mass is 606 g/mol. The first-order valence-electron chi connectivity index (χ1n) is 9.74. The summed E-state index contributed by atoms with van der Waals surface area (Å²) in [5, 5.41) is 13.3. The summed E-state index contributed by atoms with van der Waals surface area (Å²) in [5.74, 6) is 0.106. The first-order chi connectivity index (χ1) is 15.7. The fourth-order valence-electron chi connectivity index (χ4n) is 2.98. The van der Waals surface area contributed by atoms with Crippen LogP contribution in [-0.4, -0.2) is 5.91 Å². The minimum absolute atomic E-state index is 0.0146. The van der Waals surface area contributed by atoms with Crippen molar-refractivity contribution in [2.75, 3.05) is 5.32 Å². The number of rotatable bonds is 6. The fourth-order valence-corrected chi connectivity index (χ4v) is 4.75. The van der Waals surface area contributed by atoms with Crippen LogP contribution in [0.2, 0.25) is 10.0 Å². The van der Waals surface area contributed by atoms with Gasteiger partial charge in [-0.1, -0.05) is 41.4 Å². The molecule has 0 atom stereocenters. The summed E-state index contributed by atoms with van der Waals surface area (Å²) < 4.78 is 7.25. The molecule has 0 radical (unpaired) electrons. The van der Waals surface area contributed by atoms with Gasteiger partial charge in [0, 0.05) is 5.69 Å². The van der Waals surface area contributed by atoms with Crippen LogP contribution in [0, 0.1) is 25.2 Å². The molecule has 0 aromatic heterocycles. The number of aryl methyl sites for hydroxylation is 1. The average Bonchev–Trinajstić information content (AvgIpc) is 2.77. The van der Waals surface area contributed by atoms with Crippen molar-refractivity contribution in [1.29, 1.82) is 5.26 Å². The molecule has 1 N–H and O–H groups in total. The number of carbonyl (C=O) groups is 1. The van der Waals surface area contributed by atoms with E-state index in [4.69, 9.17) is 27.9 Å². The third-order valence-electron chi connectivity index (χ3n) is 4.92. The number of benzene rings is 3. The van der Waals surface area contributed by atoms with Crippen molar-refractivity contribution in [2.24, 2.45) is 0 Å². The van der Waals surface area contributed by atoms with Gasteiger partial charge in [-0.25, -0.2) is 0 Å². The van der Waals surface area contributed by atoms with Crippen LogP contribution in [0.15, 0.2) is 63.0 Å². The molecule has 0 fully saturated rings. The Kier molecular flexibility index (Phi) is 8.61. The van der Waals surface area contributed by atoms with Crippen LogP contribution < -0.4 is 10.1 Å². The van der Waals surface area contributed by atoms with E-state index in [-0.39, 0.29) is 12.2 Å². The highest BCUT2D eigenvalue weighted by Crippen LogP contribution is 2.36. The van der Waals surface area contributed by atoms with Gasteiger partial charge in [-0.15, -0.1) is 0 Å². The quantitative estimate of drug-likeness (QED) is 0.226. The minimum atomic E-state index is -0.474. The highest BCUT2D eigenvalue weighted by molar-refractivity contribution is 9.11. The lowest BCUT2D eigenvalue weighted by atomic mass is 10.1. The second-order valence-corrected chi connectivity index (χ2v) is 9.75. The molecule has 4 nitrogen and oxygen atoms in total. The van der Waals surface area contributed by atoms with E-state index in [9.17, 15) is 10.1 Å². The molecule has 3 aromatic rings. The van der Waals surface area contributed by atoms with E-state index in [1.54, 1.807) is 24.3 Å². The molecule has 0 bridgehead atoms. The van der Waals surface area contributed by atoms with E-state index < -0.39 is 5.91 Å². The van der Waals surface area contributed by atoms with Gasteiger partial charge in [0.2, 0.25) is 0 Å². The zero-order chi connectivity index (χ0) is 24.1. The first-order valence-corrected chi connectivity index (χ1v) is 12.1. The third-order valence-corrected chi connectivity index (χ3v) is 6.83. The normalized spacial score (nSPS) is 11.1. The molecule has 0 aliphatic rings. The standard InChI is InChI=1S/C25H18Br2Cl2N2O2/c1-14-4-3-5-23(15(14)2)31-25(32)18(12-30)8-17-9-19(26)24(20(27)10-17)33-13-16-6-7-21(28)22(29)11-16/h3-11H,13H2,1-2H3,(H,31,32)/b18-8+. The lowest BCUT2D eigenvalue weighted by Gasteiger charge is -2.12. The maximum absolute atomic E-state index is 12.7. The lowest BCUT2D eigenvalue weighted by Crippen LogP contribution is -2.14. The van der Waals surface area contributed by atoms with Crippen molar-refractivity contribution < 1.29 is 9.53 Å². The van der Waals surface area contributed by atoms with Gasteiger partial charge in [0.05, 0.1) is 19.0 Å². The number of carbonyl (C=O) groups excluding carboxylic acids is 1. The number of anilines is 1. The Morgan fingerprint density at radius 2 is 1.79 bits per heavy atom. The molecule has 0 aliphatic carbocycles. The molecule has 3 aromatic carbocycles. The lowest BCUT2D eigenvalue weighted by molar-refractivity contribution is -0.112. The number of hydrogen-bond acceptors (Lipinski definition) is 3. The predicted octanol–water partition coefficient (Wildman–Crippen LogP) is 8.26. The number of nitrogens with zero attached hydrogens (tertiary/aromatic N) is 1. The van der Waals surface area contributed by atoms with E-state index in [1.807, 2.05) is 44.2 Å². The van der Waals surface area contributed by atoms with Gasteiger partial charge in [-0.2, -0.15) is 5.26 Å². The maximum Gasteiger partial charge on any atom is 0.266 e. The first kappa shape index (κ1) is 25.3. The molecule has 0 unspecified atom stereocenters. The average molecular weight is 609 g/mol. The number of hydrogen-bond donors (Lipinski definition) is 1. The molecular weight excluding hydrogens is 591 g/mol. The van der Waals surface area contributed by atoms with Gasteiger partial charge < -0.3 is 10.1 Å². The number of halogens is 4. The molecule has 1 amide bonds. The van der Waals surface area contributed by atoms with Crippen molar-refractivity contribution in [3.05, 3.63) is 95.3 Å². The van der Waals surface area contributed by atoms with Crippen molar-refractivity contribution in [2.45, 2.75) is 20.5 Å². The molecule has 0 heterocycles. The van der Waals surface area contributed by atoms with Gasteiger partial charge in [0.15, 0.2) is 0 Å². The molecule has 0 aliphatic heterocycles. The zero-order valence-electron chi connectivity index (χ0n) is 17.7. The molecule has 3 rings (SSSR count). The molecule has 33 heavy (non-hydrogen) atoms. The topological polar surface area (TPSA) is 62.1 Å². The van der Waals surface area contributed by atoms with Crippen LogP contribution in [0.1, 0.15) is 22.3 Å². The van der Waals surface area contributed by atoms with Gasteiger partial charge >= 0.3 is 0 Å². The Hall–Kier alpha value is -2.30. The predicted molar refractivity (Wildman–Crippen MR) is 141 cm³/mol. The maximum atomic E-state index is 12.7. The SMILES string of the molecule is Cc1cccc(NC(=O)/C(C#N)=C/c2cc(Br)c(OCc3ccc(Cl)c(Cl)c3)c(Br)c2)c1C. The fraction of sp³-hybridized carbons (Fsp3) is 0.120. The third kappa shape index (κ3) is 6.39. The number of amides is 1. The molecular formula is C25H18Br2Cl2N2O2. The second-order valence-electron chi connectivity index (χ2n) is 7.22. The van der Waals surface area contributed by atoms with E-state index in [1.165, 1.54) is 6.08 Å². The Bertz CT molecular complexity index is 1280. The Morgan fingerprint density at radius 3 is 2.42 bits per heavy atom. The highest BCUT2D eigenvalue weighted by Gasteiger charge is 2.14. The second kappa shape index (κ2) is 11.2. The van der Waals surface area contributed by atoms with Crippen LogP contribution in [0.3, 0.4) is 0 Å². The van der Waals surface area contributed by atoms with Crippen molar-refractivity contribution >= 4 is 72.7 Å². The van der Waals surface area contributed by atoms with Crippen LogP contribution in [0.4, 0.5) is 5.69 Å². The summed E-state index contributed by atoms with van der Waals surface area (Å²) in [6.45, 7) is 4.17. The highest BCUT2D eigenvalue weighted by atomic mass is 79.9. The summed E-state index contributed by atoms with van der Waals surface area (Å²) in [6, 6.07) is 16.5. The van der Waals surface area contributed by atoms with Gasteiger partial charge in [0.1, 0.15) is 24.0 Å². The Labute approximate surface area is 219 Å². The molecule has 0 saturated heterocycles. The molecule has 0 spiro atoms. The van der Waals surface area contributed by atoms with Gasteiger partial charge in [-0.05, 0) is 104 Å². The summed E-state index contributed by atoms with van der Waals surface area (Å²) in [6.07, 6.45) is 1.53. The van der Waals surface area contributed by atoms with Crippen molar-refractivity contribution in [1.82, 2.24) is 0 Å². The van der Waals surface area contributed by atoms with Gasteiger partial charge in [-0.3, -0.25) is 4.79 Å². The van der Waals surface area contributed by atoms with Gasteiger partial charge in [0.25, 0.3) is 5.91 Å². The number of nitrogens with one attached hydrogen (secondary N) is 1. The molecule has 8 heteroatoms. The van der Waals surface area contributed by atoms with E-state index in [0.717, 1.165) is 16.7 Å². The van der Waals surface area contributed by atoms with E-state index in [2.05, 4.69) is 37.2 Å². The number of nitriles is 1. The largest absolute Gasteiger partial charge is 0.487 e. The van der Waals surface area contributed by atoms with Crippen molar-refractivity contribution in [3.8, 4) is 11.8 Å². The van der Waals surface area contributed by atoms with Crippen LogP contribution in [0.5, 0.6) is 5.75 Å². The summed E-state index contributed by atoms with van der Waals surface area (Å²) >= 11 is 19.0. The summed E-state index contributed by atoms with van der Waals surface area (Å²) in [5.41, 5.74) is 4.19. The van der Waals surface area contributed by atoms with E-state index >= 15 is 0 Å². The minimum Gasteiger partial charge on any atom is -0.487 e. The summed E-state index contributed by atoms with van der Waals surface area (Å²) in [4.78, 5) is 12.7. The Morgan fingerprint density at radius 1 is 1.09 bits per heavy atom. The van der Waals surface area contributed by atoms with Crippen LogP contribution in [0.25, 0.3) is 6.08 Å². The zero-order valence-corrected chi connectivity index (χ0v) is 22.4. The van der Waals surface area contributed by atoms with Crippen LogP contribution in [-0.2, 0) is 11.4 Å². The molecule has 0 saturated carbocycles. The number of ether oxygens (including phenoxy) is 1. The van der Waals surface area contributed by atoms with Crippen LogP contribution >= 0.6 is 55.1 Å². The smallest absolute Gasteiger partial charge is 0.266 e. The molecule has 168 valence electrons. The Balaban J connectivity index is 1.79. The van der Waals surface area contributed by atoms with E-state index in [0.29, 0.717) is 36.0 Å². The van der Waals surface area contributed by atoms with Crippen molar-refractivity contribution in [3.63, 3.8) is 0 Å². The summed E-state index contributed by atoms with van der Waals surface area (Å²) in [7, 11) is 0.